The number of carbonyl (C=O) groups is 1. The average molecular weight is 536 g/mol. The number of nitrogens with one attached hydrogen (secondary N) is 1. The first-order valence-electron chi connectivity index (χ1n) is 12.7. The fourth-order valence-electron chi connectivity index (χ4n) is 5.28. The molecular formula is C28H27F2N5O4. The van der Waals surface area contributed by atoms with Crippen LogP contribution in [0.4, 0.5) is 14.6 Å². The second kappa shape index (κ2) is 10.1. The number of hydrogen-bond donors (Lipinski definition) is 1. The molecule has 0 bridgehead atoms. The van der Waals surface area contributed by atoms with Gasteiger partial charge < -0.3 is 24.4 Å². The number of ether oxygens (including phenoxy) is 3. The van der Waals surface area contributed by atoms with Crippen LogP contribution in [0.2, 0.25) is 0 Å². The summed E-state index contributed by atoms with van der Waals surface area (Å²) in [5.74, 6) is -1.15. The monoisotopic (exact) mass is 535 g/mol. The number of fused-ring (bicyclic) bond motifs is 2. The van der Waals surface area contributed by atoms with Crippen LogP contribution in [0.3, 0.4) is 0 Å². The standard InChI is InChI=1S/C28H27F2N5O4/c1-16-23(18-7-8-20(29)25(37-2)24(18)30)26-31-15-19(28(35(26)33-16)34-10-13-38-14-11-34)27(36)32-21-9-12-39-22-6-4-3-5-17(21)22/h3-8,15,21H,9-14H2,1-2H3,(H,32,36)/t21-/m0/s1. The van der Waals surface area contributed by atoms with Gasteiger partial charge in [-0.2, -0.15) is 9.61 Å². The van der Waals surface area contributed by atoms with Crippen LogP contribution < -0.4 is 19.7 Å². The minimum Gasteiger partial charge on any atom is -0.493 e. The van der Waals surface area contributed by atoms with Crippen molar-refractivity contribution in [3.05, 3.63) is 71.1 Å². The number of halogens is 2. The molecule has 0 spiro atoms. The fraction of sp³-hybridized carbons (Fsp3) is 0.321. The summed E-state index contributed by atoms with van der Waals surface area (Å²) in [6.07, 6.45) is 2.12. The molecule has 9 nitrogen and oxygen atoms in total. The first-order chi connectivity index (χ1) is 19.0. The minimum absolute atomic E-state index is 0.109. The third-order valence-corrected chi connectivity index (χ3v) is 7.14. The van der Waals surface area contributed by atoms with Gasteiger partial charge in [0.05, 0.1) is 44.2 Å². The number of methoxy groups -OCH3 is 1. The molecule has 11 heteroatoms. The van der Waals surface area contributed by atoms with Crippen molar-refractivity contribution in [3.8, 4) is 22.6 Å². The zero-order chi connectivity index (χ0) is 27.1. The van der Waals surface area contributed by atoms with E-state index < -0.39 is 17.4 Å². The van der Waals surface area contributed by atoms with Crippen LogP contribution in [-0.2, 0) is 4.74 Å². The third-order valence-electron chi connectivity index (χ3n) is 7.14. The number of aryl methyl sites for hydroxylation is 1. The summed E-state index contributed by atoms with van der Waals surface area (Å²) in [6.45, 7) is 4.24. The second-order valence-electron chi connectivity index (χ2n) is 9.43. The molecule has 1 amide bonds. The van der Waals surface area contributed by atoms with E-state index in [1.54, 1.807) is 11.4 Å². The smallest absolute Gasteiger partial charge is 0.257 e. The molecule has 0 radical (unpaired) electrons. The maximum atomic E-state index is 15.3. The predicted molar refractivity (Wildman–Crippen MR) is 139 cm³/mol. The molecule has 2 aromatic carbocycles. The lowest BCUT2D eigenvalue weighted by Crippen LogP contribution is -2.40. The number of para-hydroxylation sites is 1. The summed E-state index contributed by atoms with van der Waals surface area (Å²) in [5.41, 5.74) is 2.56. The number of morpholine rings is 1. The Balaban J connectivity index is 1.47. The maximum absolute atomic E-state index is 15.3. The van der Waals surface area contributed by atoms with Gasteiger partial charge in [-0.1, -0.05) is 18.2 Å². The summed E-state index contributed by atoms with van der Waals surface area (Å²) in [4.78, 5) is 20.3. The highest BCUT2D eigenvalue weighted by Crippen LogP contribution is 2.37. The number of hydrogen-bond acceptors (Lipinski definition) is 7. The van der Waals surface area contributed by atoms with Crippen molar-refractivity contribution in [1.82, 2.24) is 19.9 Å². The molecule has 0 saturated carbocycles. The highest BCUT2D eigenvalue weighted by molar-refractivity contribution is 6.00. The van der Waals surface area contributed by atoms with E-state index >= 15 is 4.39 Å². The summed E-state index contributed by atoms with van der Waals surface area (Å²) in [7, 11) is 1.21. The SMILES string of the molecule is COc1c(F)ccc(-c2c(C)nn3c(N4CCOCC4)c(C(=O)N[C@H]4CCOc5ccccc54)cnc23)c1F. The molecule has 0 unspecified atom stereocenters. The molecule has 4 aromatic rings. The fourth-order valence-corrected chi connectivity index (χ4v) is 5.28. The summed E-state index contributed by atoms with van der Waals surface area (Å²) >= 11 is 0. The van der Waals surface area contributed by atoms with Crippen molar-refractivity contribution < 1.29 is 27.8 Å². The largest absolute Gasteiger partial charge is 0.493 e. The van der Waals surface area contributed by atoms with Crippen LogP contribution >= 0.6 is 0 Å². The molecule has 202 valence electrons. The van der Waals surface area contributed by atoms with Crippen LogP contribution in [-0.4, -0.2) is 60.5 Å². The van der Waals surface area contributed by atoms with Crippen molar-refractivity contribution in [3.63, 3.8) is 0 Å². The molecular weight excluding hydrogens is 508 g/mol. The predicted octanol–water partition coefficient (Wildman–Crippen LogP) is 4.08. The molecule has 2 aromatic heterocycles. The second-order valence-corrected chi connectivity index (χ2v) is 9.43. The molecule has 4 heterocycles. The number of nitrogens with zero attached hydrogens (tertiary/aromatic N) is 4. The van der Waals surface area contributed by atoms with E-state index in [1.807, 2.05) is 29.2 Å². The van der Waals surface area contributed by atoms with Crippen molar-refractivity contribution in [2.24, 2.45) is 0 Å². The van der Waals surface area contributed by atoms with E-state index in [2.05, 4.69) is 15.4 Å². The van der Waals surface area contributed by atoms with E-state index in [0.717, 1.165) is 17.4 Å². The number of aromatic nitrogens is 3. The number of benzene rings is 2. The van der Waals surface area contributed by atoms with Gasteiger partial charge in [-0.3, -0.25) is 4.79 Å². The molecule has 1 saturated heterocycles. The Morgan fingerprint density at radius 3 is 2.72 bits per heavy atom. The van der Waals surface area contributed by atoms with Crippen LogP contribution in [0.1, 0.15) is 34.1 Å². The van der Waals surface area contributed by atoms with Gasteiger partial charge in [0.25, 0.3) is 5.91 Å². The molecule has 6 rings (SSSR count). The lowest BCUT2D eigenvalue weighted by molar-refractivity contribution is 0.0922. The number of carbonyl (C=O) groups excluding carboxylic acids is 1. The van der Waals surface area contributed by atoms with Crippen molar-refractivity contribution in [1.29, 1.82) is 0 Å². The Morgan fingerprint density at radius 2 is 1.92 bits per heavy atom. The molecule has 2 aliphatic heterocycles. The quantitative estimate of drug-likeness (QED) is 0.412. The highest BCUT2D eigenvalue weighted by Gasteiger charge is 2.30. The van der Waals surface area contributed by atoms with E-state index in [9.17, 15) is 9.18 Å². The first-order valence-corrected chi connectivity index (χ1v) is 12.7. The van der Waals surface area contributed by atoms with Gasteiger partial charge >= 0.3 is 0 Å². The van der Waals surface area contributed by atoms with Crippen molar-refractivity contribution >= 4 is 17.4 Å². The molecule has 1 atom stereocenters. The maximum Gasteiger partial charge on any atom is 0.257 e. The van der Waals surface area contributed by atoms with Gasteiger partial charge in [0, 0.05) is 36.8 Å². The Labute approximate surface area is 223 Å². The highest BCUT2D eigenvalue weighted by atomic mass is 19.1. The van der Waals surface area contributed by atoms with Gasteiger partial charge in [0.2, 0.25) is 0 Å². The van der Waals surface area contributed by atoms with E-state index in [0.29, 0.717) is 67.6 Å². The van der Waals surface area contributed by atoms with Gasteiger partial charge in [0.1, 0.15) is 17.1 Å². The van der Waals surface area contributed by atoms with Crippen LogP contribution in [0.25, 0.3) is 16.8 Å². The minimum atomic E-state index is -0.842. The van der Waals surface area contributed by atoms with Crippen LogP contribution in [0.15, 0.2) is 42.6 Å². The molecule has 2 aliphatic rings. The first kappa shape index (κ1) is 25.1. The normalized spacial score (nSPS) is 17.0. The molecule has 39 heavy (non-hydrogen) atoms. The lowest BCUT2D eigenvalue weighted by Gasteiger charge is -2.31. The zero-order valence-electron chi connectivity index (χ0n) is 21.5. The number of anilines is 1. The molecule has 1 N–H and O–H groups in total. The van der Waals surface area contributed by atoms with Gasteiger partial charge in [0.15, 0.2) is 23.0 Å². The summed E-state index contributed by atoms with van der Waals surface area (Å²) < 4.78 is 47.3. The molecule has 0 aliphatic carbocycles. The van der Waals surface area contributed by atoms with E-state index in [1.165, 1.54) is 19.4 Å². The Bertz CT molecular complexity index is 1570. The topological polar surface area (TPSA) is 90.2 Å². The Kier molecular flexibility index (Phi) is 6.51. The van der Waals surface area contributed by atoms with E-state index in [-0.39, 0.29) is 17.5 Å². The summed E-state index contributed by atoms with van der Waals surface area (Å²) in [6, 6.07) is 9.90. The zero-order valence-corrected chi connectivity index (χ0v) is 21.5. The summed E-state index contributed by atoms with van der Waals surface area (Å²) in [5, 5.41) is 7.82. The average Bonchev–Trinajstić information content (AvgIpc) is 3.29. The Morgan fingerprint density at radius 1 is 1.13 bits per heavy atom. The van der Waals surface area contributed by atoms with Gasteiger partial charge in [-0.05, 0) is 25.1 Å². The lowest BCUT2D eigenvalue weighted by atomic mass is 10.00. The third kappa shape index (κ3) is 4.32. The van der Waals surface area contributed by atoms with Crippen molar-refractivity contribution in [2.75, 3.05) is 44.9 Å². The van der Waals surface area contributed by atoms with Gasteiger partial charge in [-0.15, -0.1) is 0 Å². The van der Waals surface area contributed by atoms with Crippen LogP contribution in [0, 0.1) is 18.6 Å². The van der Waals surface area contributed by atoms with Crippen LogP contribution in [0.5, 0.6) is 11.5 Å². The van der Waals surface area contributed by atoms with Gasteiger partial charge in [-0.25, -0.2) is 13.8 Å². The molecule has 1 fully saturated rings. The van der Waals surface area contributed by atoms with Crippen molar-refractivity contribution in [2.45, 2.75) is 19.4 Å². The van der Waals surface area contributed by atoms with E-state index in [4.69, 9.17) is 14.2 Å². The Hall–Kier alpha value is -4.25. The number of amides is 1. The number of rotatable bonds is 5.